The van der Waals surface area contributed by atoms with Crippen molar-refractivity contribution in [3.05, 3.63) is 16.6 Å². The van der Waals surface area contributed by atoms with E-state index >= 15 is 0 Å². The van der Waals surface area contributed by atoms with Gasteiger partial charge in [-0.15, -0.1) is 11.3 Å². The molecule has 0 spiro atoms. The maximum Gasteiger partial charge on any atom is 0.316 e. The summed E-state index contributed by atoms with van der Waals surface area (Å²) < 4.78 is 4.45. The Bertz CT molecular complexity index is 308. The lowest BCUT2D eigenvalue weighted by molar-refractivity contribution is -0.143. The number of Topliss-reactive ketones (excluding diaryl/α,β-unsaturated/α-hetero) is 1. The van der Waals surface area contributed by atoms with Gasteiger partial charge in [0.2, 0.25) is 5.78 Å². The minimum absolute atomic E-state index is 0.290. The number of hydrogen-bond acceptors (Lipinski definition) is 5. The van der Waals surface area contributed by atoms with Crippen LogP contribution >= 0.6 is 11.3 Å². The molecule has 1 rings (SSSR count). The first-order valence-electron chi connectivity index (χ1n) is 4.68. The summed E-state index contributed by atoms with van der Waals surface area (Å²) in [6.45, 7) is 5.51. The second-order valence-electron chi connectivity index (χ2n) is 2.45. The standard InChI is InChI=1S/C8H9NO3S.C2H6/c1-5(8(11)12-2)6(10)7-9-3-4-13-7;1-2/h3-5H,1-2H3;1-2H3. The summed E-state index contributed by atoms with van der Waals surface area (Å²) in [7, 11) is 1.26. The number of esters is 1. The summed E-state index contributed by atoms with van der Waals surface area (Å²) in [6, 6.07) is 0. The Labute approximate surface area is 93.3 Å². The van der Waals surface area contributed by atoms with Gasteiger partial charge in [-0.2, -0.15) is 0 Å². The molecule has 1 heterocycles. The second-order valence-corrected chi connectivity index (χ2v) is 3.34. The number of aromatic nitrogens is 1. The SMILES string of the molecule is CC.COC(=O)C(C)C(=O)c1nccs1. The zero-order chi connectivity index (χ0) is 11.8. The number of ketones is 1. The topological polar surface area (TPSA) is 56.3 Å². The number of carbonyl (C=O) groups excluding carboxylic acids is 2. The summed E-state index contributed by atoms with van der Waals surface area (Å²) in [5, 5.41) is 2.04. The van der Waals surface area contributed by atoms with Gasteiger partial charge < -0.3 is 4.74 Å². The van der Waals surface area contributed by atoms with Gasteiger partial charge in [-0.25, -0.2) is 4.98 Å². The van der Waals surface area contributed by atoms with Crippen molar-refractivity contribution in [2.45, 2.75) is 20.8 Å². The van der Waals surface area contributed by atoms with Crippen LogP contribution in [0.25, 0.3) is 0 Å². The number of nitrogens with zero attached hydrogens (tertiary/aromatic N) is 1. The van der Waals surface area contributed by atoms with Crippen molar-refractivity contribution in [3.8, 4) is 0 Å². The molecule has 0 amide bonds. The number of rotatable bonds is 3. The highest BCUT2D eigenvalue weighted by molar-refractivity contribution is 7.11. The fraction of sp³-hybridized carbons (Fsp3) is 0.500. The zero-order valence-corrected chi connectivity index (χ0v) is 10.1. The van der Waals surface area contributed by atoms with Crippen molar-refractivity contribution in [2.24, 2.45) is 5.92 Å². The second kappa shape index (κ2) is 7.11. The van der Waals surface area contributed by atoms with Crippen molar-refractivity contribution in [2.75, 3.05) is 7.11 Å². The molecule has 1 unspecified atom stereocenters. The highest BCUT2D eigenvalue weighted by Crippen LogP contribution is 2.12. The third-order valence-electron chi connectivity index (χ3n) is 1.59. The molecule has 0 saturated heterocycles. The maximum absolute atomic E-state index is 11.5. The molecule has 0 aliphatic heterocycles. The average Bonchev–Trinajstić information content (AvgIpc) is 2.82. The quantitative estimate of drug-likeness (QED) is 0.453. The summed E-state index contributed by atoms with van der Waals surface area (Å²) in [5.74, 6) is -1.58. The van der Waals surface area contributed by atoms with Crippen LogP contribution in [0.15, 0.2) is 11.6 Å². The summed E-state index contributed by atoms with van der Waals surface area (Å²) in [6.07, 6.45) is 1.53. The number of carbonyl (C=O) groups is 2. The van der Waals surface area contributed by atoms with Crippen LogP contribution < -0.4 is 0 Å². The number of methoxy groups -OCH3 is 1. The molecule has 0 radical (unpaired) electrons. The van der Waals surface area contributed by atoms with Gasteiger partial charge in [0.1, 0.15) is 5.92 Å². The van der Waals surface area contributed by atoms with Crippen LogP contribution in [0.2, 0.25) is 0 Å². The smallest absolute Gasteiger partial charge is 0.316 e. The molecule has 15 heavy (non-hydrogen) atoms. The monoisotopic (exact) mass is 229 g/mol. The highest BCUT2D eigenvalue weighted by Gasteiger charge is 2.24. The summed E-state index contributed by atoms with van der Waals surface area (Å²) >= 11 is 1.22. The predicted molar refractivity (Wildman–Crippen MR) is 59.0 cm³/mol. The van der Waals surface area contributed by atoms with Crippen molar-refractivity contribution < 1.29 is 14.3 Å². The van der Waals surface area contributed by atoms with Crippen LogP contribution in [-0.2, 0) is 9.53 Å². The van der Waals surface area contributed by atoms with E-state index in [-0.39, 0.29) is 5.78 Å². The number of thiazole rings is 1. The van der Waals surface area contributed by atoms with Crippen molar-refractivity contribution in [3.63, 3.8) is 0 Å². The zero-order valence-electron chi connectivity index (χ0n) is 9.31. The Hall–Kier alpha value is -1.23. The molecule has 0 saturated carbocycles. The molecular weight excluding hydrogens is 214 g/mol. The van der Waals surface area contributed by atoms with Gasteiger partial charge in [0.25, 0.3) is 0 Å². The first-order valence-corrected chi connectivity index (χ1v) is 5.56. The van der Waals surface area contributed by atoms with E-state index < -0.39 is 11.9 Å². The summed E-state index contributed by atoms with van der Waals surface area (Å²) in [4.78, 5) is 26.3. The minimum Gasteiger partial charge on any atom is -0.468 e. The fourth-order valence-corrected chi connectivity index (χ4v) is 1.48. The van der Waals surface area contributed by atoms with Gasteiger partial charge in [0.05, 0.1) is 7.11 Å². The maximum atomic E-state index is 11.5. The van der Waals surface area contributed by atoms with E-state index in [9.17, 15) is 9.59 Å². The third kappa shape index (κ3) is 3.79. The van der Waals surface area contributed by atoms with E-state index in [1.54, 1.807) is 5.38 Å². The molecule has 0 fully saturated rings. The number of ether oxygens (including phenoxy) is 1. The largest absolute Gasteiger partial charge is 0.468 e. The lowest BCUT2D eigenvalue weighted by Gasteiger charge is -2.04. The van der Waals surface area contributed by atoms with E-state index in [1.165, 1.54) is 31.6 Å². The van der Waals surface area contributed by atoms with Crippen LogP contribution in [0, 0.1) is 5.92 Å². The van der Waals surface area contributed by atoms with Crippen LogP contribution in [0.4, 0.5) is 0 Å². The molecule has 0 aliphatic carbocycles. The van der Waals surface area contributed by atoms with Crippen LogP contribution in [0.5, 0.6) is 0 Å². The van der Waals surface area contributed by atoms with E-state index in [2.05, 4.69) is 9.72 Å². The van der Waals surface area contributed by atoms with Crippen LogP contribution in [0.1, 0.15) is 30.6 Å². The Morgan fingerprint density at radius 3 is 2.47 bits per heavy atom. The van der Waals surface area contributed by atoms with Gasteiger partial charge in [0.15, 0.2) is 5.01 Å². The lowest BCUT2D eigenvalue weighted by atomic mass is 10.1. The van der Waals surface area contributed by atoms with Crippen LogP contribution in [-0.4, -0.2) is 23.8 Å². The van der Waals surface area contributed by atoms with Crippen molar-refractivity contribution in [1.82, 2.24) is 4.98 Å². The van der Waals surface area contributed by atoms with Gasteiger partial charge in [-0.05, 0) is 6.92 Å². The predicted octanol–water partition coefficient (Wildman–Crippen LogP) is 2.16. The molecule has 84 valence electrons. The molecule has 0 bridgehead atoms. The lowest BCUT2D eigenvalue weighted by Crippen LogP contribution is -2.22. The third-order valence-corrected chi connectivity index (χ3v) is 2.38. The van der Waals surface area contributed by atoms with E-state index in [4.69, 9.17) is 0 Å². The first-order chi connectivity index (χ1) is 7.16. The van der Waals surface area contributed by atoms with E-state index in [0.717, 1.165) is 0 Å². The Balaban J connectivity index is 0.000000921. The molecule has 5 heteroatoms. The molecule has 4 nitrogen and oxygen atoms in total. The van der Waals surface area contributed by atoms with Gasteiger partial charge in [-0.1, -0.05) is 13.8 Å². The Morgan fingerprint density at radius 1 is 1.47 bits per heavy atom. The van der Waals surface area contributed by atoms with Crippen LogP contribution in [0.3, 0.4) is 0 Å². The molecule has 0 N–H and O–H groups in total. The molecular formula is C10H15NO3S. The summed E-state index contributed by atoms with van der Waals surface area (Å²) in [5.41, 5.74) is 0. The van der Waals surface area contributed by atoms with E-state index in [0.29, 0.717) is 5.01 Å². The number of hydrogen-bond donors (Lipinski definition) is 0. The average molecular weight is 229 g/mol. The minimum atomic E-state index is -0.767. The Morgan fingerprint density at radius 2 is 2.07 bits per heavy atom. The normalized spacial score (nSPS) is 10.9. The van der Waals surface area contributed by atoms with Gasteiger partial charge in [-0.3, -0.25) is 9.59 Å². The van der Waals surface area contributed by atoms with Gasteiger partial charge in [0, 0.05) is 11.6 Å². The Kier molecular flexibility index (Phi) is 6.53. The van der Waals surface area contributed by atoms with E-state index in [1.807, 2.05) is 13.8 Å². The fourth-order valence-electron chi connectivity index (χ4n) is 0.814. The molecule has 1 atom stereocenters. The van der Waals surface area contributed by atoms with Crippen molar-refractivity contribution >= 4 is 23.1 Å². The molecule has 1 aromatic rings. The molecule has 0 aromatic carbocycles. The first kappa shape index (κ1) is 13.8. The molecule has 0 aliphatic rings. The van der Waals surface area contributed by atoms with Gasteiger partial charge >= 0.3 is 5.97 Å². The van der Waals surface area contributed by atoms with Crippen molar-refractivity contribution in [1.29, 1.82) is 0 Å². The highest BCUT2D eigenvalue weighted by atomic mass is 32.1. The molecule has 1 aromatic heterocycles.